The van der Waals surface area contributed by atoms with Crippen molar-refractivity contribution < 1.29 is 76.8 Å². The quantitative estimate of drug-likeness (QED) is 0.00800. The molecule has 600 valence electrons. The molecule has 0 aliphatic heterocycles. The summed E-state index contributed by atoms with van der Waals surface area (Å²) < 4.78 is 17.4. The summed E-state index contributed by atoms with van der Waals surface area (Å²) in [5.41, 5.74) is 10.0. The highest BCUT2D eigenvalue weighted by atomic mass is 35.5. The molecule has 0 unspecified atom stereocenters. The highest BCUT2D eigenvalue weighted by Gasteiger charge is 2.27. The minimum Gasteiger partial charge on any atom is -0.457 e. The maximum Gasteiger partial charge on any atom is 0.361 e. The largest absolute Gasteiger partial charge is 0.457 e. The van der Waals surface area contributed by atoms with Gasteiger partial charge in [0.1, 0.15) is 13.2 Å². The number of rotatable bonds is 29. The summed E-state index contributed by atoms with van der Waals surface area (Å²) in [6.07, 6.45) is 2.51. The summed E-state index contributed by atoms with van der Waals surface area (Å²) in [6, 6.07) is 65.1. The topological polar surface area (TPSA) is 297 Å². The van der Waals surface area contributed by atoms with Crippen LogP contribution in [0.5, 0.6) is 0 Å². The number of aryl methyl sites for hydroxylation is 1. The number of thioether (sulfide) groups is 1. The average Bonchev–Trinajstić information content (AvgIpc) is 1.60. The molecule has 3 aromatic heterocycles. The van der Waals surface area contributed by atoms with Crippen molar-refractivity contribution >= 4 is 160 Å². The first-order chi connectivity index (χ1) is 57.3. The van der Waals surface area contributed by atoms with Crippen LogP contribution in [0.4, 0.5) is 0 Å². The molecule has 119 heavy (non-hydrogen) atoms. The molecule has 2 amide bonds. The number of nitrogens with zero attached hydrogens (tertiary/aromatic N) is 9. The number of carbonyl (C=O) groups is 10. The van der Waals surface area contributed by atoms with E-state index in [2.05, 4.69) is 31.3 Å². The van der Waals surface area contributed by atoms with Crippen molar-refractivity contribution in [2.24, 2.45) is 20.6 Å². The standard InChI is InChI=1S/C92H78ClN9O16S/c1-54-52-100(80-18-14-13-17-71(54)80)67-29-23-62(24-30-67)89(109)65-27-41-83-75(49-65)73-47-63(25-39-81(73)101(83)68-31-19-60(20-32-68)78(94-115-55(2)103)37-43-85(107)98(6)7)87(96-117-57(4)105)91(111)113-45-46-114-92(112)88(97-118-58(5)106)64-26-40-82-74(48-64)76-50-66(90(110)72-36-35-70(51-77(72)93)119-53-59-15-11-10-12-16-59)28-42-84(76)102(82)69-33-21-61(22-34-69)79(95-116-56(3)104)38-44-86(108)99(8)9/h10-36,39-42,47-52H,37-38,43-46,53H2,1-9H3. The number of ether oxygens (including phenoxy) is 2. The van der Waals surface area contributed by atoms with Crippen molar-refractivity contribution in [2.75, 3.05) is 41.4 Å². The van der Waals surface area contributed by atoms with Gasteiger partial charge in [-0.2, -0.15) is 0 Å². The van der Waals surface area contributed by atoms with E-state index in [0.29, 0.717) is 94.4 Å². The lowest BCUT2D eigenvalue weighted by molar-refractivity contribution is -0.145. The molecule has 3 heterocycles. The molecule has 0 aliphatic rings. The van der Waals surface area contributed by atoms with Crippen LogP contribution in [0.15, 0.2) is 250 Å². The molecule has 27 heteroatoms. The summed E-state index contributed by atoms with van der Waals surface area (Å²) in [4.78, 5) is 157. The smallest absolute Gasteiger partial charge is 0.361 e. The minimum atomic E-state index is -1.12. The van der Waals surface area contributed by atoms with Gasteiger partial charge >= 0.3 is 35.8 Å². The third kappa shape index (κ3) is 19.0. The third-order valence-electron chi connectivity index (χ3n) is 19.5. The second-order valence-corrected chi connectivity index (χ2v) is 29.6. The molecular weight excluding hydrogens is 1550 g/mol. The first-order valence-corrected chi connectivity index (χ1v) is 39.0. The second kappa shape index (κ2) is 36.7. The fourth-order valence-corrected chi connectivity index (χ4v) is 14.8. The molecule has 25 nitrogen and oxygen atoms in total. The molecule has 0 spiro atoms. The van der Waals surface area contributed by atoms with Crippen molar-refractivity contribution in [3.05, 3.63) is 285 Å². The molecule has 10 aromatic carbocycles. The maximum atomic E-state index is 14.7. The summed E-state index contributed by atoms with van der Waals surface area (Å²) in [5, 5.41) is 19.6. The summed E-state index contributed by atoms with van der Waals surface area (Å²) in [5.74, 6) is -5.60. The average molecular weight is 1630 g/mol. The Morgan fingerprint density at radius 2 is 0.782 bits per heavy atom. The number of oxime groups is 4. The Bertz CT molecular complexity index is 6360. The van der Waals surface area contributed by atoms with Gasteiger partial charge in [0.05, 0.1) is 44.0 Å². The van der Waals surface area contributed by atoms with Crippen molar-refractivity contribution in [2.45, 2.75) is 71.0 Å². The fraction of sp³-hybridized carbons (Fsp3) is 0.174. The number of halogens is 1. The third-order valence-corrected chi connectivity index (χ3v) is 20.8. The van der Waals surface area contributed by atoms with Gasteiger partial charge in [-0.3, -0.25) is 19.2 Å². The van der Waals surface area contributed by atoms with Crippen LogP contribution in [-0.2, 0) is 72.9 Å². The zero-order chi connectivity index (χ0) is 84.3. The van der Waals surface area contributed by atoms with Crippen LogP contribution in [0.3, 0.4) is 0 Å². The summed E-state index contributed by atoms with van der Waals surface area (Å²) in [7, 11) is 6.55. The molecule has 0 saturated carbocycles. The number of para-hydroxylation sites is 1. The van der Waals surface area contributed by atoms with Crippen LogP contribution in [0.25, 0.3) is 71.6 Å². The van der Waals surface area contributed by atoms with E-state index in [1.54, 1.807) is 173 Å². The van der Waals surface area contributed by atoms with Gasteiger partial charge < -0.3 is 52.3 Å². The number of hydrogen-bond acceptors (Lipinski definition) is 21. The van der Waals surface area contributed by atoms with Crippen LogP contribution in [0.2, 0.25) is 5.02 Å². The monoisotopic (exact) mass is 1630 g/mol. The number of hydrogen-bond donors (Lipinski definition) is 0. The van der Waals surface area contributed by atoms with Gasteiger partial charge in [0.15, 0.2) is 23.0 Å². The maximum absolute atomic E-state index is 14.7. The lowest BCUT2D eigenvalue weighted by Crippen LogP contribution is -2.25. The number of fused-ring (bicyclic) bond motifs is 7. The van der Waals surface area contributed by atoms with E-state index >= 15 is 0 Å². The van der Waals surface area contributed by atoms with Gasteiger partial charge in [-0.15, -0.1) is 11.8 Å². The molecule has 0 radical (unpaired) electrons. The molecule has 0 aliphatic carbocycles. The number of benzene rings is 10. The van der Waals surface area contributed by atoms with E-state index in [0.717, 1.165) is 46.5 Å². The zero-order valence-electron chi connectivity index (χ0n) is 66.2. The van der Waals surface area contributed by atoms with Crippen LogP contribution in [-0.4, -0.2) is 147 Å². The number of esters is 2. The van der Waals surface area contributed by atoms with E-state index in [-0.39, 0.29) is 76.3 Å². The highest BCUT2D eigenvalue weighted by Crippen LogP contribution is 2.39. The van der Waals surface area contributed by atoms with E-state index in [1.165, 1.54) is 23.6 Å². The zero-order valence-corrected chi connectivity index (χ0v) is 67.7. The van der Waals surface area contributed by atoms with Gasteiger partial charge in [0, 0.05) is 176 Å². The molecule has 0 fully saturated rings. The Hall–Kier alpha value is -14.2. The van der Waals surface area contributed by atoms with Crippen molar-refractivity contribution in [1.29, 1.82) is 0 Å². The normalized spacial score (nSPS) is 11.9. The molecular formula is C92H78ClN9O16S. The first-order valence-electron chi connectivity index (χ1n) is 37.6. The molecule has 0 N–H and O–H groups in total. The Morgan fingerprint density at radius 1 is 0.387 bits per heavy atom. The Labute approximate surface area is 691 Å². The molecule has 0 bridgehead atoms. The van der Waals surface area contributed by atoms with E-state index in [4.69, 9.17) is 40.4 Å². The Morgan fingerprint density at radius 3 is 1.23 bits per heavy atom. The van der Waals surface area contributed by atoms with Crippen LogP contribution < -0.4 is 0 Å². The van der Waals surface area contributed by atoms with Crippen LogP contribution in [0.1, 0.15) is 119 Å². The highest BCUT2D eigenvalue weighted by molar-refractivity contribution is 7.98. The van der Waals surface area contributed by atoms with Gasteiger partial charge in [0.25, 0.3) is 0 Å². The Balaban J connectivity index is 0.805. The number of amides is 2. The van der Waals surface area contributed by atoms with Gasteiger partial charge in [-0.05, 0) is 163 Å². The van der Waals surface area contributed by atoms with E-state index < -0.39 is 60.5 Å². The van der Waals surface area contributed by atoms with Crippen molar-refractivity contribution in [3.63, 3.8) is 0 Å². The van der Waals surface area contributed by atoms with Crippen LogP contribution >= 0.6 is 23.4 Å². The van der Waals surface area contributed by atoms with E-state index in [9.17, 15) is 47.9 Å². The lowest BCUT2D eigenvalue weighted by atomic mass is 10.00. The number of ketones is 2. The molecule has 13 aromatic rings. The first kappa shape index (κ1) is 82.7. The van der Waals surface area contributed by atoms with Gasteiger partial charge in [-0.1, -0.05) is 117 Å². The SMILES string of the molecule is CC(=O)ON=C(CCC(=O)N(C)C)c1ccc(-n2c3ccc(C(=O)c4ccc(-n5cc(C)c6ccccc65)cc4)cc3c3cc(C(=NOC(C)=O)C(=O)OCCOC(=O)C(=NOC(C)=O)c4ccc5c(c4)c4cc(C(=O)c6ccc(SCc7ccccc7)cc6Cl)ccc4n5-c4ccc(C(CCC(=O)N(C)C)=NOC(C)=O)cc4)ccc32)cc1. The number of carbonyl (C=O) groups excluding carboxylic acids is 10. The Kier molecular flexibility index (Phi) is 25.5. The predicted molar refractivity (Wildman–Crippen MR) is 455 cm³/mol. The molecule has 13 rings (SSSR count). The molecule has 0 atom stereocenters. The second-order valence-electron chi connectivity index (χ2n) is 28.1. The predicted octanol–water partition coefficient (Wildman–Crippen LogP) is 16.1. The summed E-state index contributed by atoms with van der Waals surface area (Å²) in [6.45, 7) is 5.44. The minimum absolute atomic E-state index is 0.0782. The van der Waals surface area contributed by atoms with Crippen molar-refractivity contribution in [3.8, 4) is 17.1 Å². The summed E-state index contributed by atoms with van der Waals surface area (Å²) >= 11 is 8.48. The lowest BCUT2D eigenvalue weighted by Gasteiger charge is -2.13. The van der Waals surface area contributed by atoms with E-state index in [1.807, 2.05) is 101 Å². The van der Waals surface area contributed by atoms with Gasteiger partial charge in [0.2, 0.25) is 11.8 Å². The van der Waals surface area contributed by atoms with Gasteiger partial charge in [-0.25, -0.2) is 28.8 Å². The number of aromatic nitrogens is 3. The molecule has 0 saturated heterocycles. The van der Waals surface area contributed by atoms with Crippen LogP contribution in [0, 0.1) is 6.92 Å². The fourth-order valence-electron chi connectivity index (χ4n) is 13.6. The van der Waals surface area contributed by atoms with Crippen molar-refractivity contribution in [1.82, 2.24) is 23.5 Å².